The van der Waals surface area contributed by atoms with Gasteiger partial charge in [-0.05, 0) is 69.4 Å². The molecule has 216 valence electrons. The molecular weight excluding hydrogens is 528 g/mol. The minimum absolute atomic E-state index is 0.263. The van der Waals surface area contributed by atoms with E-state index >= 15 is 0 Å². The summed E-state index contributed by atoms with van der Waals surface area (Å²) in [5.74, 6) is 0.716. The number of fused-ring (bicyclic) bond motifs is 1. The molecule has 0 radical (unpaired) electrons. The van der Waals surface area contributed by atoms with Crippen LogP contribution in [0.4, 0.5) is 0 Å². The zero-order chi connectivity index (χ0) is 30.0. The Morgan fingerprint density at radius 3 is 2.48 bits per heavy atom. The molecule has 0 aliphatic rings. The average Bonchev–Trinajstić information content (AvgIpc) is 3.43. The molecule has 1 atom stereocenters. The number of aromatic nitrogens is 3. The summed E-state index contributed by atoms with van der Waals surface area (Å²) in [5.41, 5.74) is 4.02. The van der Waals surface area contributed by atoms with Crippen LogP contribution in [0.15, 0.2) is 77.9 Å². The molecule has 8 heteroatoms. The lowest BCUT2D eigenvalue weighted by atomic mass is 9.89. The largest absolute Gasteiger partial charge is 0.438 e. The van der Waals surface area contributed by atoms with Crippen molar-refractivity contribution >= 4 is 16.8 Å². The van der Waals surface area contributed by atoms with Crippen molar-refractivity contribution in [1.82, 2.24) is 19.9 Å². The second-order valence-electron chi connectivity index (χ2n) is 10.9. The normalized spacial score (nSPS) is 12.7. The van der Waals surface area contributed by atoms with E-state index in [1.165, 1.54) is 4.57 Å². The summed E-state index contributed by atoms with van der Waals surface area (Å²) in [6.45, 7) is 8.02. The first-order valence-electron chi connectivity index (χ1n) is 14.1. The van der Waals surface area contributed by atoms with Crippen LogP contribution in [0.25, 0.3) is 22.0 Å². The van der Waals surface area contributed by atoms with E-state index in [0.717, 1.165) is 16.7 Å². The quantitative estimate of drug-likeness (QED) is 0.206. The van der Waals surface area contributed by atoms with Crippen LogP contribution < -0.4 is 15.6 Å². The van der Waals surface area contributed by atoms with Crippen molar-refractivity contribution in [2.75, 3.05) is 6.54 Å². The molecular formula is C34H36N4O4. The number of aromatic amines is 1. The van der Waals surface area contributed by atoms with E-state index in [9.17, 15) is 14.7 Å². The second-order valence-corrected chi connectivity index (χ2v) is 10.9. The van der Waals surface area contributed by atoms with Gasteiger partial charge in [0, 0.05) is 48.1 Å². The van der Waals surface area contributed by atoms with Gasteiger partial charge in [-0.2, -0.15) is 0 Å². The van der Waals surface area contributed by atoms with E-state index in [1.807, 2.05) is 75.4 Å². The number of aryl methyl sites for hydroxylation is 4. The maximum absolute atomic E-state index is 13.1. The fourth-order valence-corrected chi connectivity index (χ4v) is 5.18. The lowest BCUT2D eigenvalue weighted by Gasteiger charge is -2.25. The zero-order valence-corrected chi connectivity index (χ0v) is 24.6. The monoisotopic (exact) mass is 564 g/mol. The number of aliphatic hydroxyl groups is 1. The van der Waals surface area contributed by atoms with Crippen molar-refractivity contribution in [3.05, 3.63) is 111 Å². The molecule has 0 fully saturated rings. The molecule has 1 unspecified atom stereocenters. The van der Waals surface area contributed by atoms with Gasteiger partial charge in [-0.3, -0.25) is 9.59 Å². The number of para-hydroxylation sites is 1. The number of hydrogen-bond donors (Lipinski definition) is 3. The van der Waals surface area contributed by atoms with Crippen molar-refractivity contribution in [3.63, 3.8) is 0 Å². The number of H-pyrrole nitrogens is 1. The smallest absolute Gasteiger partial charge is 0.274 e. The number of carbonyl (C=O) groups is 1. The molecule has 2 aromatic carbocycles. The van der Waals surface area contributed by atoms with Crippen molar-refractivity contribution in [1.29, 1.82) is 0 Å². The maximum Gasteiger partial charge on any atom is 0.274 e. The summed E-state index contributed by atoms with van der Waals surface area (Å²) >= 11 is 0. The molecule has 3 N–H and O–H groups in total. The molecule has 3 heterocycles. The van der Waals surface area contributed by atoms with Crippen LogP contribution in [-0.2, 0) is 19.1 Å². The summed E-state index contributed by atoms with van der Waals surface area (Å²) in [4.78, 5) is 33.6. The fourth-order valence-electron chi connectivity index (χ4n) is 5.18. The maximum atomic E-state index is 13.1. The van der Waals surface area contributed by atoms with Crippen LogP contribution in [0.5, 0.6) is 11.6 Å². The van der Waals surface area contributed by atoms with E-state index in [-0.39, 0.29) is 17.2 Å². The fraction of sp³-hybridized carbons (Fsp3) is 0.265. The number of nitrogens with zero attached hydrogens (tertiary/aromatic N) is 2. The van der Waals surface area contributed by atoms with Crippen LogP contribution in [0, 0.1) is 13.8 Å². The molecule has 5 rings (SSSR count). The van der Waals surface area contributed by atoms with Gasteiger partial charge in [-0.25, -0.2) is 4.98 Å². The van der Waals surface area contributed by atoms with E-state index in [2.05, 4.69) is 10.3 Å². The molecule has 8 nitrogen and oxygen atoms in total. The molecule has 3 aromatic heterocycles. The van der Waals surface area contributed by atoms with Crippen LogP contribution in [0.3, 0.4) is 0 Å². The number of ether oxygens (including phenoxy) is 1. The minimum atomic E-state index is -1.20. The summed E-state index contributed by atoms with van der Waals surface area (Å²) in [6, 6.07) is 19.5. The highest BCUT2D eigenvalue weighted by atomic mass is 16.5. The number of rotatable bonds is 9. The minimum Gasteiger partial charge on any atom is -0.438 e. The van der Waals surface area contributed by atoms with Gasteiger partial charge >= 0.3 is 0 Å². The Morgan fingerprint density at radius 1 is 1.07 bits per heavy atom. The molecule has 5 aromatic rings. The van der Waals surface area contributed by atoms with E-state index in [0.29, 0.717) is 58.6 Å². The number of pyridine rings is 2. The molecule has 42 heavy (non-hydrogen) atoms. The van der Waals surface area contributed by atoms with Crippen molar-refractivity contribution in [3.8, 4) is 22.8 Å². The van der Waals surface area contributed by atoms with E-state index in [4.69, 9.17) is 9.72 Å². The highest BCUT2D eigenvalue weighted by Crippen LogP contribution is 2.40. The highest BCUT2D eigenvalue weighted by molar-refractivity contribution is 6.03. The Labute approximate surface area is 245 Å². The van der Waals surface area contributed by atoms with Crippen molar-refractivity contribution in [2.24, 2.45) is 7.05 Å². The van der Waals surface area contributed by atoms with Gasteiger partial charge in [0.2, 0.25) is 5.88 Å². The molecule has 0 aliphatic heterocycles. The summed E-state index contributed by atoms with van der Waals surface area (Å²) in [7, 11) is 1.66. The Bertz CT molecular complexity index is 1800. The molecule has 0 spiro atoms. The van der Waals surface area contributed by atoms with Crippen LogP contribution in [0.1, 0.15) is 53.0 Å². The number of nitrogens with one attached hydrogen (secondary N) is 2. The first-order valence-corrected chi connectivity index (χ1v) is 14.1. The summed E-state index contributed by atoms with van der Waals surface area (Å²) in [5, 5.41) is 15.0. The van der Waals surface area contributed by atoms with Gasteiger partial charge in [-0.1, -0.05) is 48.5 Å². The number of benzene rings is 2. The molecule has 0 saturated heterocycles. The Balaban J connectivity index is 1.68. The first-order chi connectivity index (χ1) is 20.1. The second kappa shape index (κ2) is 11.7. The summed E-state index contributed by atoms with van der Waals surface area (Å²) in [6.07, 6.45) is 4.52. The predicted octanol–water partition coefficient (Wildman–Crippen LogP) is 5.93. The number of amides is 1. The Kier molecular flexibility index (Phi) is 8.00. The predicted molar refractivity (Wildman–Crippen MR) is 165 cm³/mol. The zero-order valence-electron chi connectivity index (χ0n) is 24.6. The van der Waals surface area contributed by atoms with Gasteiger partial charge < -0.3 is 24.7 Å². The lowest BCUT2D eigenvalue weighted by Crippen LogP contribution is -2.23. The lowest BCUT2D eigenvalue weighted by molar-refractivity contribution is 0.0477. The molecule has 0 aliphatic carbocycles. The Hall–Kier alpha value is -4.69. The average molecular weight is 565 g/mol. The highest BCUT2D eigenvalue weighted by Gasteiger charge is 2.27. The third-order valence-electron chi connectivity index (χ3n) is 7.66. The van der Waals surface area contributed by atoms with Gasteiger partial charge in [-0.15, -0.1) is 0 Å². The van der Waals surface area contributed by atoms with Gasteiger partial charge in [0.15, 0.2) is 0 Å². The van der Waals surface area contributed by atoms with Crippen LogP contribution >= 0.6 is 0 Å². The Morgan fingerprint density at radius 2 is 1.79 bits per heavy atom. The van der Waals surface area contributed by atoms with Gasteiger partial charge in [0.05, 0.1) is 5.60 Å². The standard InChI is InChI=1S/C34H36N4O4/c1-6-35-31(39)28-18-25-27(20-38(5)33(40)29(25)37-28)26-17-24(34(4,41)16-15-23-13-8-7-9-14-23)19-36-32(26)42-30-21(2)11-10-12-22(30)3/h7-14,17-20,37,41H,6,15-16H2,1-5H3,(H,35,39). The molecule has 0 bridgehead atoms. The molecule has 0 saturated carbocycles. The van der Waals surface area contributed by atoms with Crippen molar-refractivity contribution in [2.45, 2.75) is 46.1 Å². The third-order valence-corrected chi connectivity index (χ3v) is 7.66. The van der Waals surface area contributed by atoms with Crippen LogP contribution in [0.2, 0.25) is 0 Å². The number of carbonyl (C=O) groups excluding carboxylic acids is 1. The number of hydrogen-bond acceptors (Lipinski definition) is 5. The van der Waals surface area contributed by atoms with Crippen LogP contribution in [-0.4, -0.2) is 32.1 Å². The first kappa shape index (κ1) is 28.8. The third kappa shape index (κ3) is 5.71. The molecule has 1 amide bonds. The SMILES string of the molecule is CCNC(=O)c1cc2c(-c3cc(C(C)(O)CCc4ccccc4)cnc3Oc3c(C)cccc3C)cn(C)c(=O)c2[nH]1. The van der Waals surface area contributed by atoms with E-state index in [1.54, 1.807) is 32.4 Å². The van der Waals surface area contributed by atoms with Gasteiger partial charge in [0.1, 0.15) is 17.0 Å². The van der Waals surface area contributed by atoms with E-state index < -0.39 is 5.60 Å². The van der Waals surface area contributed by atoms with Crippen molar-refractivity contribution < 1.29 is 14.6 Å². The topological polar surface area (TPSA) is 109 Å². The van der Waals surface area contributed by atoms with Gasteiger partial charge in [0.25, 0.3) is 11.5 Å². The summed E-state index contributed by atoms with van der Waals surface area (Å²) < 4.78 is 7.94.